The molecule has 2 atom stereocenters. The van der Waals surface area contributed by atoms with Crippen molar-refractivity contribution in [3.63, 3.8) is 0 Å². The minimum absolute atomic E-state index is 0.155. The maximum atomic E-state index is 12.2. The molecule has 1 aromatic carbocycles. The Kier molecular flexibility index (Phi) is 3.09. The van der Waals surface area contributed by atoms with Gasteiger partial charge in [0.15, 0.2) is 0 Å². The molecule has 0 N–H and O–H groups in total. The van der Waals surface area contributed by atoms with Crippen LogP contribution in [0.15, 0.2) is 30.3 Å². The fourth-order valence-corrected chi connectivity index (χ4v) is 3.51. The zero-order valence-electron chi connectivity index (χ0n) is 11.6. The first-order valence-electron chi connectivity index (χ1n) is 7.08. The number of carbonyl (C=O) groups excluding carboxylic acids is 1. The van der Waals surface area contributed by atoms with Crippen molar-refractivity contribution in [3.8, 4) is 0 Å². The van der Waals surface area contributed by atoms with Gasteiger partial charge in [-0.1, -0.05) is 44.2 Å². The van der Waals surface area contributed by atoms with E-state index in [2.05, 4.69) is 13.8 Å². The molecule has 1 saturated carbocycles. The number of amides is 1. The third-order valence-corrected chi connectivity index (χ3v) is 4.86. The van der Waals surface area contributed by atoms with Gasteiger partial charge in [0, 0.05) is 6.42 Å². The van der Waals surface area contributed by atoms with Crippen LogP contribution in [0.2, 0.25) is 0 Å². The van der Waals surface area contributed by atoms with Gasteiger partial charge in [-0.05, 0) is 29.7 Å². The highest BCUT2D eigenvalue weighted by molar-refractivity contribution is 5.77. The summed E-state index contributed by atoms with van der Waals surface area (Å²) in [5.74, 6) is 0.685. The van der Waals surface area contributed by atoms with Gasteiger partial charge in [-0.3, -0.25) is 9.63 Å². The summed E-state index contributed by atoms with van der Waals surface area (Å²) in [4.78, 5) is 18.0. The fraction of sp³-hybridized carbons (Fsp3) is 0.562. The third kappa shape index (κ3) is 2.16. The van der Waals surface area contributed by atoms with E-state index in [4.69, 9.17) is 4.84 Å². The van der Waals surface area contributed by atoms with Crippen molar-refractivity contribution in [2.45, 2.75) is 45.8 Å². The minimum atomic E-state index is 0.155. The van der Waals surface area contributed by atoms with Crippen molar-refractivity contribution >= 4 is 5.91 Å². The third-order valence-electron chi connectivity index (χ3n) is 4.86. The highest BCUT2D eigenvalue weighted by Crippen LogP contribution is 2.50. The Bertz CT molecular complexity index is 469. The molecule has 1 heterocycles. The molecule has 3 rings (SSSR count). The van der Waals surface area contributed by atoms with Crippen LogP contribution in [0.5, 0.6) is 0 Å². The second-order valence-electron chi connectivity index (χ2n) is 6.29. The predicted molar refractivity (Wildman–Crippen MR) is 73.0 cm³/mol. The number of hydrogen-bond acceptors (Lipinski definition) is 2. The van der Waals surface area contributed by atoms with Gasteiger partial charge in [0.05, 0.1) is 6.04 Å². The summed E-state index contributed by atoms with van der Waals surface area (Å²) in [6, 6.07) is 10.3. The van der Waals surface area contributed by atoms with Gasteiger partial charge >= 0.3 is 0 Å². The lowest BCUT2D eigenvalue weighted by Gasteiger charge is -2.43. The minimum Gasteiger partial charge on any atom is -0.273 e. The van der Waals surface area contributed by atoms with E-state index >= 15 is 0 Å². The standard InChI is InChI=1S/C16H21NO2/c1-16(2)13-8-9-14(16)17(15(18)10-13)19-11-12-6-4-3-5-7-12/h3-7,13-14H,8-11H2,1-2H3/t13-,14-/m0/s1. The molecule has 0 aromatic heterocycles. The van der Waals surface area contributed by atoms with Crippen molar-refractivity contribution in [3.05, 3.63) is 35.9 Å². The Labute approximate surface area is 114 Å². The van der Waals surface area contributed by atoms with Crippen molar-refractivity contribution in [1.29, 1.82) is 0 Å². The second-order valence-corrected chi connectivity index (χ2v) is 6.29. The van der Waals surface area contributed by atoms with Crippen molar-refractivity contribution in [2.24, 2.45) is 11.3 Å². The summed E-state index contributed by atoms with van der Waals surface area (Å²) in [6.07, 6.45) is 2.85. The van der Waals surface area contributed by atoms with E-state index in [9.17, 15) is 4.79 Å². The molecule has 2 fully saturated rings. The molecule has 3 nitrogen and oxygen atoms in total. The van der Waals surface area contributed by atoms with Gasteiger partial charge in [-0.15, -0.1) is 0 Å². The molecule has 19 heavy (non-hydrogen) atoms. The Hall–Kier alpha value is -1.35. The van der Waals surface area contributed by atoms with E-state index in [1.54, 1.807) is 5.06 Å². The van der Waals surface area contributed by atoms with Crippen LogP contribution in [0.4, 0.5) is 0 Å². The molecule has 0 radical (unpaired) electrons. The highest BCUT2D eigenvalue weighted by Gasteiger charge is 2.52. The van der Waals surface area contributed by atoms with Crippen LogP contribution in [-0.2, 0) is 16.2 Å². The number of hydrogen-bond donors (Lipinski definition) is 0. The van der Waals surface area contributed by atoms with Crippen LogP contribution in [0.3, 0.4) is 0 Å². The molecule has 0 spiro atoms. The number of benzene rings is 1. The maximum absolute atomic E-state index is 12.2. The average molecular weight is 259 g/mol. The molecule has 1 aliphatic heterocycles. The van der Waals surface area contributed by atoms with Crippen LogP contribution in [0.1, 0.15) is 38.7 Å². The Morgan fingerprint density at radius 1 is 1.26 bits per heavy atom. The van der Waals surface area contributed by atoms with Crippen molar-refractivity contribution in [1.82, 2.24) is 5.06 Å². The largest absolute Gasteiger partial charge is 0.273 e. The number of rotatable bonds is 3. The SMILES string of the molecule is CC1(C)[C@H]2CC[C@@H]1N(OCc1ccccc1)C(=O)C2. The van der Waals surface area contributed by atoms with E-state index < -0.39 is 0 Å². The number of carbonyl (C=O) groups is 1. The number of nitrogens with zero attached hydrogens (tertiary/aromatic N) is 1. The van der Waals surface area contributed by atoms with Gasteiger partial charge in [0.2, 0.25) is 5.91 Å². The zero-order valence-corrected chi connectivity index (χ0v) is 11.6. The first-order chi connectivity index (χ1) is 9.09. The smallest absolute Gasteiger partial charge is 0.246 e. The van der Waals surface area contributed by atoms with Crippen LogP contribution < -0.4 is 0 Å². The Balaban J connectivity index is 1.71. The van der Waals surface area contributed by atoms with Gasteiger partial charge in [-0.25, -0.2) is 5.06 Å². The summed E-state index contributed by atoms with van der Waals surface area (Å²) in [5, 5.41) is 1.66. The molecule has 2 aliphatic rings. The summed E-state index contributed by atoms with van der Waals surface area (Å²) in [5.41, 5.74) is 1.29. The highest BCUT2D eigenvalue weighted by atomic mass is 16.7. The van der Waals surface area contributed by atoms with Gasteiger partial charge in [-0.2, -0.15) is 0 Å². The normalized spacial score (nSPS) is 28.7. The van der Waals surface area contributed by atoms with Gasteiger partial charge in [0.1, 0.15) is 6.61 Å². The molecule has 1 saturated heterocycles. The molecular formula is C16H21NO2. The number of fused-ring (bicyclic) bond motifs is 2. The van der Waals surface area contributed by atoms with E-state index in [1.165, 1.54) is 0 Å². The molecule has 102 valence electrons. The lowest BCUT2D eigenvalue weighted by atomic mass is 9.74. The van der Waals surface area contributed by atoms with Crippen molar-refractivity contribution in [2.75, 3.05) is 0 Å². The molecule has 1 aromatic rings. The lowest BCUT2D eigenvalue weighted by molar-refractivity contribution is -0.226. The lowest BCUT2D eigenvalue weighted by Crippen LogP contribution is -2.51. The average Bonchev–Trinajstić information content (AvgIpc) is 2.59. The van der Waals surface area contributed by atoms with Crippen LogP contribution in [0.25, 0.3) is 0 Å². The van der Waals surface area contributed by atoms with Crippen LogP contribution in [0, 0.1) is 11.3 Å². The summed E-state index contributed by atoms with van der Waals surface area (Å²) >= 11 is 0. The molecule has 1 aliphatic carbocycles. The van der Waals surface area contributed by atoms with E-state index in [1.807, 2.05) is 30.3 Å². The molecule has 3 heteroatoms. The molecule has 0 unspecified atom stereocenters. The molecule has 1 amide bonds. The summed E-state index contributed by atoms with van der Waals surface area (Å²) in [6.45, 7) is 5.01. The predicted octanol–water partition coefficient (Wildman–Crippen LogP) is 3.16. The van der Waals surface area contributed by atoms with Crippen LogP contribution in [-0.4, -0.2) is 17.0 Å². The molecular weight excluding hydrogens is 238 g/mol. The summed E-state index contributed by atoms with van der Waals surface area (Å²) in [7, 11) is 0. The first-order valence-corrected chi connectivity index (χ1v) is 7.08. The van der Waals surface area contributed by atoms with E-state index in [-0.39, 0.29) is 17.4 Å². The van der Waals surface area contributed by atoms with E-state index in [0.717, 1.165) is 18.4 Å². The monoisotopic (exact) mass is 259 g/mol. The second kappa shape index (κ2) is 4.64. The van der Waals surface area contributed by atoms with Crippen LogP contribution >= 0.6 is 0 Å². The maximum Gasteiger partial charge on any atom is 0.246 e. The Morgan fingerprint density at radius 2 is 2.00 bits per heavy atom. The fourth-order valence-electron chi connectivity index (χ4n) is 3.51. The quantitative estimate of drug-likeness (QED) is 0.834. The number of hydroxylamine groups is 2. The van der Waals surface area contributed by atoms with Gasteiger partial charge in [0.25, 0.3) is 0 Å². The Morgan fingerprint density at radius 3 is 2.74 bits per heavy atom. The first kappa shape index (κ1) is 12.7. The summed E-state index contributed by atoms with van der Waals surface area (Å²) < 4.78 is 0. The van der Waals surface area contributed by atoms with E-state index in [0.29, 0.717) is 18.9 Å². The molecule has 2 bridgehead atoms. The van der Waals surface area contributed by atoms with Crippen molar-refractivity contribution < 1.29 is 9.63 Å². The topological polar surface area (TPSA) is 29.5 Å². The van der Waals surface area contributed by atoms with Gasteiger partial charge < -0.3 is 0 Å². The number of piperidine rings is 1. The zero-order chi connectivity index (χ0) is 13.5.